The van der Waals surface area contributed by atoms with E-state index in [0.29, 0.717) is 29.3 Å². The second kappa shape index (κ2) is 10.5. The molecule has 6 rings (SSSR count). The quantitative estimate of drug-likeness (QED) is 0.325. The molecule has 0 saturated carbocycles. The number of aryl methyl sites for hydroxylation is 2. The fourth-order valence-electron chi connectivity index (χ4n) is 6.07. The third-order valence-corrected chi connectivity index (χ3v) is 8.26. The van der Waals surface area contributed by atoms with E-state index in [2.05, 4.69) is 59.1 Å². The average Bonchev–Trinajstić information content (AvgIpc) is 3.48. The Kier molecular flexibility index (Phi) is 6.89. The summed E-state index contributed by atoms with van der Waals surface area (Å²) in [4.78, 5) is 30.2. The first-order valence-electron chi connectivity index (χ1n) is 14.0. The van der Waals surface area contributed by atoms with Crippen LogP contribution in [0.2, 0.25) is 0 Å². The van der Waals surface area contributed by atoms with Crippen molar-refractivity contribution in [3.63, 3.8) is 0 Å². The second-order valence-corrected chi connectivity index (χ2v) is 10.5. The number of fused-ring (bicyclic) bond motifs is 2. The second-order valence-electron chi connectivity index (χ2n) is 10.5. The first-order chi connectivity index (χ1) is 19.5. The van der Waals surface area contributed by atoms with Gasteiger partial charge in [-0.1, -0.05) is 19.1 Å². The van der Waals surface area contributed by atoms with Crippen LogP contribution < -0.4 is 21.1 Å². The minimum atomic E-state index is -0.422. The Bertz CT molecular complexity index is 1630. The summed E-state index contributed by atoms with van der Waals surface area (Å²) in [6.45, 7) is 12.4. The number of rotatable bonds is 8. The van der Waals surface area contributed by atoms with Gasteiger partial charge in [-0.15, -0.1) is 6.58 Å². The first kappa shape index (κ1) is 26.2. The van der Waals surface area contributed by atoms with Crippen molar-refractivity contribution in [3.05, 3.63) is 76.4 Å². The van der Waals surface area contributed by atoms with Crippen LogP contribution >= 0.6 is 0 Å². The summed E-state index contributed by atoms with van der Waals surface area (Å²) in [5.41, 5.74) is 5.30. The van der Waals surface area contributed by atoms with Crippen LogP contribution in [-0.4, -0.2) is 57.6 Å². The summed E-state index contributed by atoms with van der Waals surface area (Å²) in [5.74, 6) is 1.03. The van der Waals surface area contributed by atoms with E-state index in [1.54, 1.807) is 28.7 Å². The number of allylic oxidation sites excluding steroid dienone is 1. The Morgan fingerprint density at radius 1 is 1.20 bits per heavy atom. The van der Waals surface area contributed by atoms with E-state index < -0.39 is 5.60 Å². The molecule has 2 aliphatic rings. The van der Waals surface area contributed by atoms with Crippen molar-refractivity contribution < 1.29 is 4.74 Å². The Balaban J connectivity index is 1.40. The number of aromatic nitrogens is 5. The highest BCUT2D eigenvalue weighted by atomic mass is 16.5. The van der Waals surface area contributed by atoms with Gasteiger partial charge in [0, 0.05) is 50.9 Å². The number of anilines is 3. The fraction of sp³-hybridized carbons (Fsp3) is 0.400. The van der Waals surface area contributed by atoms with Crippen LogP contribution in [-0.2, 0) is 23.3 Å². The SMILES string of the molecule is C=CCn1c(=O)c2cnc(Nc3ccc(N4CCNCC4)c(C)c3)nc2n1-c1ccc2c(n1)[C@@](CC)(OC)CC2. The van der Waals surface area contributed by atoms with Crippen molar-refractivity contribution in [3.8, 4) is 5.82 Å². The minimum absolute atomic E-state index is 0.187. The molecule has 1 aliphatic heterocycles. The predicted molar refractivity (Wildman–Crippen MR) is 158 cm³/mol. The van der Waals surface area contributed by atoms with Crippen molar-refractivity contribution in [1.82, 2.24) is 29.6 Å². The Morgan fingerprint density at radius 2 is 2.02 bits per heavy atom. The maximum absolute atomic E-state index is 13.4. The van der Waals surface area contributed by atoms with Crippen LogP contribution in [0.3, 0.4) is 0 Å². The van der Waals surface area contributed by atoms with Gasteiger partial charge in [0.2, 0.25) is 5.95 Å². The summed E-state index contributed by atoms with van der Waals surface area (Å²) >= 11 is 0. The van der Waals surface area contributed by atoms with Crippen molar-refractivity contribution in [2.24, 2.45) is 0 Å². The average molecular weight is 541 g/mol. The number of pyridine rings is 1. The summed E-state index contributed by atoms with van der Waals surface area (Å²) in [6.07, 6.45) is 5.91. The lowest BCUT2D eigenvalue weighted by molar-refractivity contribution is -0.0198. The number of benzene rings is 1. The molecule has 208 valence electrons. The van der Waals surface area contributed by atoms with Crippen LogP contribution in [0.4, 0.5) is 17.3 Å². The van der Waals surface area contributed by atoms with Gasteiger partial charge in [-0.2, -0.15) is 4.98 Å². The highest BCUT2D eigenvalue weighted by molar-refractivity contribution is 5.77. The van der Waals surface area contributed by atoms with E-state index in [1.165, 1.54) is 16.8 Å². The van der Waals surface area contributed by atoms with Crippen LogP contribution in [0.25, 0.3) is 16.9 Å². The van der Waals surface area contributed by atoms with Gasteiger partial charge in [0.05, 0.1) is 12.2 Å². The maximum Gasteiger partial charge on any atom is 0.278 e. The van der Waals surface area contributed by atoms with Crippen LogP contribution in [0.5, 0.6) is 0 Å². The molecule has 1 aromatic carbocycles. The van der Waals surface area contributed by atoms with Gasteiger partial charge >= 0.3 is 0 Å². The monoisotopic (exact) mass is 540 g/mol. The number of piperazine rings is 1. The van der Waals surface area contributed by atoms with Gasteiger partial charge in [0.25, 0.3) is 5.56 Å². The normalized spacial score (nSPS) is 18.7. The Morgan fingerprint density at radius 3 is 2.75 bits per heavy atom. The molecule has 10 heteroatoms. The fourth-order valence-corrected chi connectivity index (χ4v) is 6.07. The third kappa shape index (κ3) is 4.37. The van der Waals surface area contributed by atoms with E-state index in [0.717, 1.165) is 56.8 Å². The number of ether oxygens (including phenoxy) is 1. The molecule has 4 aromatic rings. The molecule has 3 aromatic heterocycles. The van der Waals surface area contributed by atoms with Gasteiger partial charge in [-0.3, -0.25) is 4.79 Å². The molecule has 0 unspecified atom stereocenters. The molecule has 1 atom stereocenters. The van der Waals surface area contributed by atoms with E-state index in [1.807, 2.05) is 12.1 Å². The van der Waals surface area contributed by atoms with Crippen molar-refractivity contribution >= 4 is 28.4 Å². The molecule has 2 N–H and O–H groups in total. The summed E-state index contributed by atoms with van der Waals surface area (Å²) in [6, 6.07) is 10.3. The van der Waals surface area contributed by atoms with Gasteiger partial charge in [0.15, 0.2) is 11.5 Å². The Hall–Kier alpha value is -4.02. The lowest BCUT2D eigenvalue weighted by atomic mass is 9.97. The van der Waals surface area contributed by atoms with Crippen LogP contribution in [0.1, 0.15) is 36.6 Å². The lowest BCUT2D eigenvalue weighted by Crippen LogP contribution is -2.43. The molecule has 0 bridgehead atoms. The molecule has 1 aliphatic carbocycles. The Labute approximate surface area is 233 Å². The lowest BCUT2D eigenvalue weighted by Gasteiger charge is -2.30. The van der Waals surface area contributed by atoms with E-state index >= 15 is 0 Å². The zero-order valence-corrected chi connectivity index (χ0v) is 23.4. The molecule has 0 amide bonds. The van der Waals surface area contributed by atoms with E-state index in [-0.39, 0.29) is 5.56 Å². The van der Waals surface area contributed by atoms with Gasteiger partial charge in [0.1, 0.15) is 11.0 Å². The number of methoxy groups -OCH3 is 1. The summed E-state index contributed by atoms with van der Waals surface area (Å²) in [5, 5.41) is 7.17. The molecule has 4 heterocycles. The van der Waals surface area contributed by atoms with E-state index in [4.69, 9.17) is 14.7 Å². The van der Waals surface area contributed by atoms with Gasteiger partial charge in [-0.25, -0.2) is 19.3 Å². The highest BCUT2D eigenvalue weighted by Gasteiger charge is 2.39. The number of hydrogen-bond donors (Lipinski definition) is 2. The predicted octanol–water partition coefficient (Wildman–Crippen LogP) is 3.82. The smallest absolute Gasteiger partial charge is 0.278 e. The van der Waals surface area contributed by atoms with Gasteiger partial charge < -0.3 is 20.3 Å². The standard InChI is InChI=1S/C30H36N8O2/c1-5-15-37-28(39)23-19-32-29(33-22-8-9-24(20(3)18-22)36-16-13-31-14-17-36)35-27(23)38(37)25-10-7-21-11-12-30(6-2,40-4)26(21)34-25/h5,7-10,18-19,31H,1,6,11-17H2,2-4H3,(H,32,33,35)/t30-/m0/s1. The number of nitrogens with one attached hydrogen (secondary N) is 2. The molecule has 40 heavy (non-hydrogen) atoms. The molecular formula is C30H36N8O2. The molecule has 1 fully saturated rings. The molecule has 10 nitrogen and oxygen atoms in total. The van der Waals surface area contributed by atoms with Crippen molar-refractivity contribution in [2.75, 3.05) is 43.5 Å². The number of hydrogen-bond acceptors (Lipinski definition) is 8. The molecular weight excluding hydrogens is 504 g/mol. The minimum Gasteiger partial charge on any atom is -0.372 e. The molecule has 0 spiro atoms. The molecule has 0 radical (unpaired) electrons. The first-order valence-corrected chi connectivity index (χ1v) is 14.0. The van der Waals surface area contributed by atoms with Crippen molar-refractivity contribution in [2.45, 2.75) is 45.3 Å². The highest BCUT2D eigenvalue weighted by Crippen LogP contribution is 2.41. The summed E-state index contributed by atoms with van der Waals surface area (Å²) in [7, 11) is 1.74. The van der Waals surface area contributed by atoms with Crippen LogP contribution in [0.15, 0.2) is 54.0 Å². The zero-order valence-electron chi connectivity index (χ0n) is 23.4. The van der Waals surface area contributed by atoms with Crippen LogP contribution in [0, 0.1) is 6.92 Å². The maximum atomic E-state index is 13.4. The number of nitrogens with zero attached hydrogens (tertiary/aromatic N) is 6. The molecule has 1 saturated heterocycles. The third-order valence-electron chi connectivity index (χ3n) is 8.26. The largest absolute Gasteiger partial charge is 0.372 e. The summed E-state index contributed by atoms with van der Waals surface area (Å²) < 4.78 is 9.36. The van der Waals surface area contributed by atoms with Crippen molar-refractivity contribution in [1.29, 1.82) is 0 Å². The van der Waals surface area contributed by atoms with E-state index in [9.17, 15) is 4.79 Å². The van der Waals surface area contributed by atoms with Gasteiger partial charge in [-0.05, 0) is 61.6 Å². The topological polar surface area (TPSA) is 102 Å². The zero-order chi connectivity index (χ0) is 27.9.